The van der Waals surface area contributed by atoms with Crippen molar-refractivity contribution in [2.75, 3.05) is 37.5 Å². The van der Waals surface area contributed by atoms with Crippen molar-refractivity contribution in [2.45, 2.75) is 0 Å². The number of aromatic nitrogens is 5. The molecule has 0 bridgehead atoms. The van der Waals surface area contributed by atoms with E-state index in [0.717, 1.165) is 23.8 Å². The van der Waals surface area contributed by atoms with Gasteiger partial charge in [0.25, 0.3) is 0 Å². The lowest BCUT2D eigenvalue weighted by molar-refractivity contribution is -0.120. The van der Waals surface area contributed by atoms with Crippen molar-refractivity contribution in [2.24, 2.45) is 5.92 Å². The Morgan fingerprint density at radius 3 is 2.62 bits per heavy atom. The number of carboxylic acid groups (broad SMARTS) is 1. The van der Waals surface area contributed by atoms with Crippen LogP contribution in [-0.4, -0.2) is 68.2 Å². The first-order valence-electron chi connectivity index (χ1n) is 10.7. The number of carbonyl (C=O) groups is 2. The smallest absolute Gasteiger partial charge is 0.341 e. The van der Waals surface area contributed by atoms with Gasteiger partial charge >= 0.3 is 12.0 Å². The second-order valence-corrected chi connectivity index (χ2v) is 8.68. The number of fused-ring (bicyclic) bond motifs is 1. The third-order valence-electron chi connectivity index (χ3n) is 5.70. The van der Waals surface area contributed by atoms with Gasteiger partial charge in [-0.1, -0.05) is 0 Å². The van der Waals surface area contributed by atoms with E-state index in [4.69, 9.17) is 9.47 Å². The van der Waals surface area contributed by atoms with Gasteiger partial charge in [0, 0.05) is 30.8 Å². The fourth-order valence-electron chi connectivity index (χ4n) is 3.74. The van der Waals surface area contributed by atoms with E-state index in [-0.39, 0.29) is 47.0 Å². The summed E-state index contributed by atoms with van der Waals surface area (Å²) in [7, 11) is 2.87. The molecule has 0 atom stereocenters. The number of pyridine rings is 3. The van der Waals surface area contributed by atoms with Crippen LogP contribution in [0.5, 0.6) is 11.8 Å². The molecule has 1 amide bonds. The predicted molar refractivity (Wildman–Crippen MR) is 129 cm³/mol. The molecular formula is C22H18FN7O6S. The number of carboxylic acids is 1. The fraction of sp³-hybridized carbons (Fsp3) is 0.227. The predicted octanol–water partition coefficient (Wildman–Crippen LogP) is 1.56. The van der Waals surface area contributed by atoms with Gasteiger partial charge in [0.05, 0.1) is 31.7 Å². The normalized spacial score (nSPS) is 13.3. The standard InChI is InChI=1S/C22H18FN7O6S/c1-35-11-3-4-15(24-6-11)25-19(32)10-7-29(8-10)18-14(23)5-12-16(31)13(20(33)34)9-30(17(12)26-18)22-27-21(36-2)28-37-22/h3-6,9-10H,7-8H2,1-2H3,(H,33,34)(H,24,25,32). The highest BCUT2D eigenvalue weighted by atomic mass is 32.1. The molecule has 15 heteroatoms. The quantitative estimate of drug-likeness (QED) is 0.359. The van der Waals surface area contributed by atoms with Crippen LogP contribution in [0.4, 0.5) is 16.0 Å². The second kappa shape index (κ2) is 9.42. The van der Waals surface area contributed by atoms with Gasteiger partial charge in [0.15, 0.2) is 17.3 Å². The molecule has 2 N–H and O–H groups in total. The van der Waals surface area contributed by atoms with Crippen LogP contribution in [0.2, 0.25) is 0 Å². The molecule has 0 unspecified atom stereocenters. The molecule has 5 heterocycles. The second-order valence-electron chi connectivity index (χ2n) is 7.95. The van der Waals surface area contributed by atoms with Crippen molar-refractivity contribution < 1.29 is 28.6 Å². The van der Waals surface area contributed by atoms with Gasteiger partial charge in [-0.15, -0.1) is 4.37 Å². The van der Waals surface area contributed by atoms with E-state index in [1.807, 2.05) is 0 Å². The first kappa shape index (κ1) is 24.1. The van der Waals surface area contributed by atoms with Gasteiger partial charge in [-0.3, -0.25) is 14.2 Å². The molecule has 0 spiro atoms. The molecule has 0 aliphatic carbocycles. The number of aromatic carboxylic acids is 1. The fourth-order valence-corrected chi connectivity index (χ4v) is 4.36. The molecule has 0 radical (unpaired) electrons. The highest BCUT2D eigenvalue weighted by Gasteiger charge is 2.35. The summed E-state index contributed by atoms with van der Waals surface area (Å²) < 4.78 is 30.3. The number of hydrogen-bond acceptors (Lipinski definition) is 11. The van der Waals surface area contributed by atoms with Crippen LogP contribution in [0.3, 0.4) is 0 Å². The summed E-state index contributed by atoms with van der Waals surface area (Å²) >= 11 is 0.882. The lowest BCUT2D eigenvalue weighted by atomic mass is 9.99. The number of rotatable bonds is 7. The van der Waals surface area contributed by atoms with E-state index in [1.165, 1.54) is 25.0 Å². The van der Waals surface area contributed by atoms with Crippen LogP contribution in [0.25, 0.3) is 16.2 Å². The Labute approximate surface area is 211 Å². The van der Waals surface area contributed by atoms with Gasteiger partial charge in [0.1, 0.15) is 17.1 Å². The molecule has 1 fully saturated rings. The van der Waals surface area contributed by atoms with Crippen molar-refractivity contribution in [3.05, 3.63) is 52.2 Å². The lowest BCUT2D eigenvalue weighted by Crippen LogP contribution is -2.52. The zero-order valence-electron chi connectivity index (χ0n) is 19.3. The zero-order valence-corrected chi connectivity index (χ0v) is 20.2. The van der Waals surface area contributed by atoms with Gasteiger partial charge in [-0.2, -0.15) is 4.98 Å². The average Bonchev–Trinajstić information content (AvgIpc) is 3.33. The Morgan fingerprint density at radius 1 is 1.22 bits per heavy atom. The number of hydrogen-bond donors (Lipinski definition) is 2. The maximum absolute atomic E-state index is 15.1. The van der Waals surface area contributed by atoms with Crippen molar-refractivity contribution >= 4 is 46.1 Å². The molecule has 1 saturated heterocycles. The lowest BCUT2D eigenvalue weighted by Gasteiger charge is -2.39. The molecule has 190 valence electrons. The Bertz CT molecular complexity index is 1580. The number of methoxy groups -OCH3 is 2. The maximum atomic E-state index is 15.1. The molecule has 1 aliphatic heterocycles. The van der Waals surface area contributed by atoms with Crippen molar-refractivity contribution in [3.8, 4) is 16.9 Å². The summed E-state index contributed by atoms with van der Waals surface area (Å²) in [6, 6.07) is 4.24. The highest BCUT2D eigenvalue weighted by Crippen LogP contribution is 2.29. The van der Waals surface area contributed by atoms with Gasteiger partial charge in [-0.05, 0) is 18.2 Å². The van der Waals surface area contributed by atoms with Crippen LogP contribution >= 0.6 is 11.5 Å². The molecule has 0 saturated carbocycles. The van der Waals surface area contributed by atoms with Crippen LogP contribution in [0, 0.1) is 11.7 Å². The minimum Gasteiger partial charge on any atom is -0.495 e. The summed E-state index contributed by atoms with van der Waals surface area (Å²) in [4.78, 5) is 51.1. The SMILES string of the molecule is COc1ccc(NC(=O)C2CN(c3nc4c(cc3F)c(=O)c(C(=O)O)cn4-c3nc(OC)ns3)C2)nc1. The van der Waals surface area contributed by atoms with Gasteiger partial charge < -0.3 is 24.8 Å². The minimum absolute atomic E-state index is 0.0134. The number of halogens is 1. The first-order chi connectivity index (χ1) is 17.8. The number of ether oxygens (including phenoxy) is 2. The van der Waals surface area contributed by atoms with Crippen molar-refractivity contribution in [1.29, 1.82) is 0 Å². The molecular weight excluding hydrogens is 509 g/mol. The highest BCUT2D eigenvalue weighted by molar-refractivity contribution is 7.08. The molecule has 4 aromatic heterocycles. The first-order valence-corrected chi connectivity index (χ1v) is 11.5. The monoisotopic (exact) mass is 527 g/mol. The molecule has 37 heavy (non-hydrogen) atoms. The molecule has 13 nitrogen and oxygen atoms in total. The topological polar surface area (TPSA) is 162 Å². The van der Waals surface area contributed by atoms with Crippen LogP contribution < -0.4 is 25.1 Å². The van der Waals surface area contributed by atoms with E-state index in [0.29, 0.717) is 11.6 Å². The summed E-state index contributed by atoms with van der Waals surface area (Å²) in [6.45, 7) is 0.336. The van der Waals surface area contributed by atoms with E-state index >= 15 is 4.39 Å². The van der Waals surface area contributed by atoms with Crippen LogP contribution in [0.15, 0.2) is 35.4 Å². The largest absolute Gasteiger partial charge is 0.495 e. The Morgan fingerprint density at radius 2 is 2.00 bits per heavy atom. The van der Waals surface area contributed by atoms with Crippen LogP contribution in [0.1, 0.15) is 10.4 Å². The number of amides is 1. The third-order valence-corrected chi connectivity index (χ3v) is 6.40. The minimum atomic E-state index is -1.48. The summed E-state index contributed by atoms with van der Waals surface area (Å²) in [6.07, 6.45) is 2.54. The number of nitrogens with one attached hydrogen (secondary N) is 1. The zero-order chi connectivity index (χ0) is 26.3. The number of carbonyl (C=O) groups excluding carboxylic acids is 1. The number of nitrogens with zero attached hydrogens (tertiary/aromatic N) is 6. The Hall–Kier alpha value is -4.66. The van der Waals surface area contributed by atoms with Gasteiger partial charge in [-0.25, -0.2) is 19.2 Å². The van der Waals surface area contributed by atoms with Crippen molar-refractivity contribution in [1.82, 2.24) is 23.9 Å². The Balaban J connectivity index is 1.44. The van der Waals surface area contributed by atoms with E-state index < -0.39 is 28.7 Å². The average molecular weight is 527 g/mol. The summed E-state index contributed by atoms with van der Waals surface area (Å²) in [5.74, 6) is -2.25. The maximum Gasteiger partial charge on any atom is 0.341 e. The summed E-state index contributed by atoms with van der Waals surface area (Å²) in [5, 5.41) is 12.1. The third kappa shape index (κ3) is 4.40. The molecule has 1 aliphatic rings. The van der Waals surface area contributed by atoms with E-state index in [1.54, 1.807) is 17.0 Å². The van der Waals surface area contributed by atoms with E-state index in [2.05, 4.69) is 24.6 Å². The molecule has 0 aromatic carbocycles. The Kier molecular flexibility index (Phi) is 6.12. The summed E-state index contributed by atoms with van der Waals surface area (Å²) in [5.41, 5.74) is -1.48. The number of anilines is 2. The van der Waals surface area contributed by atoms with E-state index in [9.17, 15) is 19.5 Å². The molecule has 5 rings (SSSR count). The van der Waals surface area contributed by atoms with Gasteiger partial charge in [0.2, 0.25) is 16.5 Å². The van der Waals surface area contributed by atoms with Crippen LogP contribution in [-0.2, 0) is 4.79 Å². The molecule has 4 aromatic rings. The van der Waals surface area contributed by atoms with Crippen molar-refractivity contribution in [3.63, 3.8) is 0 Å².